The van der Waals surface area contributed by atoms with E-state index in [0.29, 0.717) is 62.6 Å². The SMILES string of the molecule is O=C(O)C1CCN(c2nc(CCCCC(F)(F)F)cnc2-c2ccc3c(c2)CCO3)CC1. The second-order valence-electron chi connectivity index (χ2n) is 8.38. The van der Waals surface area contributed by atoms with E-state index < -0.39 is 18.6 Å². The molecule has 6 nitrogen and oxygen atoms in total. The number of nitrogens with zero attached hydrogens (tertiary/aromatic N) is 3. The van der Waals surface area contributed by atoms with Crippen LogP contribution in [0.5, 0.6) is 5.75 Å². The molecule has 1 aromatic heterocycles. The molecule has 2 aromatic rings. The Morgan fingerprint density at radius 3 is 2.72 bits per heavy atom. The smallest absolute Gasteiger partial charge is 0.389 e. The average molecular weight is 449 g/mol. The van der Waals surface area contributed by atoms with Crippen molar-refractivity contribution in [2.45, 2.75) is 51.1 Å². The van der Waals surface area contributed by atoms with Gasteiger partial charge in [-0.2, -0.15) is 13.2 Å². The van der Waals surface area contributed by atoms with Crippen molar-refractivity contribution >= 4 is 11.8 Å². The minimum absolute atomic E-state index is 0.0527. The van der Waals surface area contributed by atoms with Crippen molar-refractivity contribution in [3.8, 4) is 17.0 Å². The van der Waals surface area contributed by atoms with Crippen molar-refractivity contribution < 1.29 is 27.8 Å². The highest BCUT2D eigenvalue weighted by Crippen LogP contribution is 2.35. The van der Waals surface area contributed by atoms with E-state index in [4.69, 9.17) is 9.72 Å². The van der Waals surface area contributed by atoms with Crippen LogP contribution in [0.2, 0.25) is 0 Å². The van der Waals surface area contributed by atoms with Gasteiger partial charge in [-0.05, 0) is 55.9 Å². The maximum Gasteiger partial charge on any atom is 0.389 e. The average Bonchev–Trinajstić information content (AvgIpc) is 3.24. The van der Waals surface area contributed by atoms with E-state index in [1.807, 2.05) is 23.1 Å². The summed E-state index contributed by atoms with van der Waals surface area (Å²) in [6, 6.07) is 5.90. The highest BCUT2D eigenvalue weighted by atomic mass is 19.4. The van der Waals surface area contributed by atoms with Crippen molar-refractivity contribution in [2.75, 3.05) is 24.6 Å². The number of hydrogen-bond donors (Lipinski definition) is 1. The lowest BCUT2D eigenvalue weighted by Gasteiger charge is -2.32. The predicted molar refractivity (Wildman–Crippen MR) is 113 cm³/mol. The fraction of sp³-hybridized carbons (Fsp3) is 0.522. The Bertz CT molecular complexity index is 973. The van der Waals surface area contributed by atoms with Crippen molar-refractivity contribution in [3.63, 3.8) is 0 Å². The Morgan fingerprint density at radius 2 is 2.00 bits per heavy atom. The predicted octanol–water partition coefficient (Wildman–Crippen LogP) is 4.65. The van der Waals surface area contributed by atoms with Gasteiger partial charge in [0.25, 0.3) is 0 Å². The maximum absolute atomic E-state index is 12.4. The zero-order valence-corrected chi connectivity index (χ0v) is 17.7. The summed E-state index contributed by atoms with van der Waals surface area (Å²) in [4.78, 5) is 22.8. The number of anilines is 1. The van der Waals surface area contributed by atoms with Gasteiger partial charge < -0.3 is 14.7 Å². The quantitative estimate of drug-likeness (QED) is 0.620. The summed E-state index contributed by atoms with van der Waals surface area (Å²) >= 11 is 0. The number of unbranched alkanes of at least 4 members (excludes halogenated alkanes) is 1. The fourth-order valence-corrected chi connectivity index (χ4v) is 4.26. The molecule has 172 valence electrons. The molecule has 1 N–H and O–H groups in total. The van der Waals surface area contributed by atoms with Gasteiger partial charge in [-0.25, -0.2) is 4.98 Å². The number of carboxylic acid groups (broad SMARTS) is 1. The summed E-state index contributed by atoms with van der Waals surface area (Å²) < 4.78 is 42.9. The minimum atomic E-state index is -4.15. The summed E-state index contributed by atoms with van der Waals surface area (Å²) in [5, 5.41) is 9.30. The van der Waals surface area contributed by atoms with Gasteiger partial charge in [0.1, 0.15) is 11.4 Å². The van der Waals surface area contributed by atoms with Gasteiger partial charge in [-0.3, -0.25) is 9.78 Å². The van der Waals surface area contributed by atoms with Crippen LogP contribution in [0.3, 0.4) is 0 Å². The topological polar surface area (TPSA) is 75.5 Å². The molecule has 1 fully saturated rings. The highest BCUT2D eigenvalue weighted by Gasteiger charge is 2.28. The number of fused-ring (bicyclic) bond motifs is 1. The Balaban J connectivity index is 1.57. The number of aryl methyl sites for hydroxylation is 1. The van der Waals surface area contributed by atoms with Crippen molar-refractivity contribution in [1.29, 1.82) is 0 Å². The Kier molecular flexibility index (Phi) is 6.53. The number of benzene rings is 1. The van der Waals surface area contributed by atoms with Crippen molar-refractivity contribution in [1.82, 2.24) is 9.97 Å². The lowest BCUT2D eigenvalue weighted by Crippen LogP contribution is -2.37. The maximum atomic E-state index is 12.4. The molecule has 3 heterocycles. The van der Waals surface area contributed by atoms with Crippen LogP contribution < -0.4 is 9.64 Å². The van der Waals surface area contributed by atoms with Gasteiger partial charge in [0.15, 0.2) is 5.82 Å². The van der Waals surface area contributed by atoms with Crippen LogP contribution in [0.25, 0.3) is 11.3 Å². The first kappa shape index (κ1) is 22.4. The second kappa shape index (κ2) is 9.34. The molecule has 0 radical (unpaired) electrons. The Hall–Kier alpha value is -2.84. The van der Waals surface area contributed by atoms with E-state index >= 15 is 0 Å². The molecule has 0 saturated carbocycles. The Labute approximate surface area is 184 Å². The van der Waals surface area contributed by atoms with Crippen LogP contribution in [0, 0.1) is 5.92 Å². The molecule has 0 spiro atoms. The molecule has 0 bridgehead atoms. The normalized spacial score (nSPS) is 16.7. The number of piperidine rings is 1. The molecule has 0 aliphatic carbocycles. The molecule has 2 aliphatic rings. The lowest BCUT2D eigenvalue weighted by atomic mass is 9.96. The van der Waals surface area contributed by atoms with Gasteiger partial charge in [0.05, 0.1) is 18.2 Å². The van der Waals surface area contributed by atoms with E-state index in [-0.39, 0.29) is 12.3 Å². The fourth-order valence-electron chi connectivity index (χ4n) is 4.26. The van der Waals surface area contributed by atoms with Gasteiger partial charge in [0.2, 0.25) is 0 Å². The first-order chi connectivity index (χ1) is 15.3. The van der Waals surface area contributed by atoms with Gasteiger partial charge in [0, 0.05) is 37.7 Å². The summed E-state index contributed by atoms with van der Waals surface area (Å²) in [5.74, 6) is 0.381. The summed E-state index contributed by atoms with van der Waals surface area (Å²) in [6.45, 7) is 1.74. The summed E-state index contributed by atoms with van der Waals surface area (Å²) in [6.07, 6.45) is -0.596. The van der Waals surface area contributed by atoms with E-state index in [1.165, 1.54) is 0 Å². The second-order valence-corrected chi connectivity index (χ2v) is 8.38. The first-order valence-electron chi connectivity index (χ1n) is 11.0. The van der Waals surface area contributed by atoms with Gasteiger partial charge in [-0.15, -0.1) is 0 Å². The molecule has 1 aromatic carbocycles. The zero-order valence-electron chi connectivity index (χ0n) is 17.7. The van der Waals surface area contributed by atoms with Gasteiger partial charge >= 0.3 is 12.1 Å². The number of carbonyl (C=O) groups is 1. The monoisotopic (exact) mass is 449 g/mol. The van der Waals surface area contributed by atoms with Gasteiger partial charge in [-0.1, -0.05) is 0 Å². The Morgan fingerprint density at radius 1 is 1.22 bits per heavy atom. The first-order valence-corrected chi connectivity index (χ1v) is 11.0. The lowest BCUT2D eigenvalue weighted by molar-refractivity contribution is -0.142. The van der Waals surface area contributed by atoms with Crippen LogP contribution in [0.4, 0.5) is 19.0 Å². The standard InChI is InChI=1S/C23H26F3N3O3/c24-23(25,26)9-2-1-3-18-14-27-20(17-4-5-19-16(13-17)8-12-32-19)21(28-18)29-10-6-15(7-11-29)22(30)31/h4-5,13-15H,1-3,6-12H2,(H,30,31). The zero-order chi connectivity index (χ0) is 22.7. The molecule has 32 heavy (non-hydrogen) atoms. The van der Waals surface area contributed by atoms with Crippen LogP contribution in [-0.4, -0.2) is 46.9 Å². The molecule has 9 heteroatoms. The highest BCUT2D eigenvalue weighted by molar-refractivity contribution is 5.74. The summed E-state index contributed by atoms with van der Waals surface area (Å²) in [7, 11) is 0. The molecule has 4 rings (SSSR count). The molecule has 0 atom stereocenters. The van der Waals surface area contributed by atoms with Crippen molar-refractivity contribution in [3.05, 3.63) is 35.7 Å². The number of carboxylic acids is 1. The molecule has 0 amide bonds. The molecular weight excluding hydrogens is 423 g/mol. The summed E-state index contributed by atoms with van der Waals surface area (Å²) in [5.41, 5.74) is 3.36. The van der Waals surface area contributed by atoms with E-state index in [2.05, 4.69) is 4.98 Å². The minimum Gasteiger partial charge on any atom is -0.493 e. The third kappa shape index (κ3) is 5.31. The molecule has 2 aliphatic heterocycles. The third-order valence-corrected chi connectivity index (χ3v) is 6.05. The number of rotatable bonds is 7. The van der Waals surface area contributed by atoms with E-state index in [1.54, 1.807) is 6.20 Å². The molecule has 1 saturated heterocycles. The number of aliphatic carboxylic acids is 1. The largest absolute Gasteiger partial charge is 0.493 e. The van der Waals surface area contributed by atoms with E-state index in [0.717, 1.165) is 23.3 Å². The number of ether oxygens (including phenoxy) is 1. The third-order valence-electron chi connectivity index (χ3n) is 6.05. The number of alkyl halides is 3. The van der Waals surface area contributed by atoms with Crippen LogP contribution in [0.15, 0.2) is 24.4 Å². The number of halogens is 3. The van der Waals surface area contributed by atoms with Crippen LogP contribution >= 0.6 is 0 Å². The number of hydrogen-bond acceptors (Lipinski definition) is 5. The van der Waals surface area contributed by atoms with Crippen LogP contribution in [-0.2, 0) is 17.6 Å². The molecule has 0 unspecified atom stereocenters. The molecular formula is C23H26F3N3O3. The van der Waals surface area contributed by atoms with E-state index in [9.17, 15) is 23.1 Å². The number of aromatic nitrogens is 2. The van der Waals surface area contributed by atoms with Crippen LogP contribution in [0.1, 0.15) is 43.4 Å². The van der Waals surface area contributed by atoms with Crippen molar-refractivity contribution in [2.24, 2.45) is 5.92 Å².